The van der Waals surface area contributed by atoms with Gasteiger partial charge in [-0.25, -0.2) is 13.4 Å². The molecule has 0 unspecified atom stereocenters. The Morgan fingerprint density at radius 2 is 1.66 bits per heavy atom. The first-order valence-corrected chi connectivity index (χ1v) is 13.0. The Balaban J connectivity index is 1.86. The van der Waals surface area contributed by atoms with Crippen molar-refractivity contribution < 1.29 is 13.2 Å². The Bertz CT molecular complexity index is 1220. The van der Waals surface area contributed by atoms with Gasteiger partial charge in [-0.05, 0) is 31.7 Å². The van der Waals surface area contributed by atoms with E-state index in [-0.39, 0.29) is 17.6 Å². The lowest BCUT2D eigenvalue weighted by Crippen LogP contribution is -2.39. The highest BCUT2D eigenvalue weighted by Gasteiger charge is 2.27. The summed E-state index contributed by atoms with van der Waals surface area (Å²) in [5, 5.41) is 3.78. The molecular weight excluding hydrogens is 422 g/mol. The molecule has 2 N–H and O–H groups in total. The molecule has 1 amide bonds. The number of amides is 1. The highest BCUT2D eigenvalue weighted by molar-refractivity contribution is 7.92. The number of hydrogen-bond acceptors (Lipinski definition) is 4. The number of nitrogens with one attached hydrogen (secondary N) is 2. The number of para-hydroxylation sites is 1. The molecule has 7 heteroatoms. The molecule has 0 spiro atoms. The summed E-state index contributed by atoms with van der Waals surface area (Å²) in [6.45, 7) is 2.04. The minimum absolute atomic E-state index is 0.000913. The molecule has 1 aromatic heterocycles. The molecule has 0 aliphatic heterocycles. The zero-order valence-electron chi connectivity index (χ0n) is 18.5. The van der Waals surface area contributed by atoms with E-state index in [4.69, 9.17) is 4.98 Å². The van der Waals surface area contributed by atoms with Gasteiger partial charge in [-0.1, -0.05) is 67.8 Å². The Kier molecular flexibility index (Phi) is 6.46. The number of rotatable bonds is 6. The number of carbonyl (C=O) groups is 1. The smallest absolute Gasteiger partial charge is 0.254 e. The van der Waals surface area contributed by atoms with Crippen LogP contribution in [0.1, 0.15) is 49.4 Å². The first kappa shape index (κ1) is 22.3. The van der Waals surface area contributed by atoms with Crippen LogP contribution in [0.2, 0.25) is 0 Å². The van der Waals surface area contributed by atoms with Crippen molar-refractivity contribution in [3.8, 4) is 11.3 Å². The molecule has 0 radical (unpaired) electrons. The standard InChI is InChI=1S/C25H29N3O3S/c1-17(18-11-5-3-6-12-18)26-25(29)22-20-15-9-10-16-21(20)27-23(19-13-7-4-8-14-19)24(22)28-32(2,30)31/h4,7-10,13-18,28H,3,5-6,11-12H2,1-2H3,(H,26,29)/t17-/m0/s1. The summed E-state index contributed by atoms with van der Waals surface area (Å²) in [7, 11) is -3.65. The zero-order chi connectivity index (χ0) is 22.7. The van der Waals surface area contributed by atoms with Gasteiger partial charge in [-0.2, -0.15) is 0 Å². The van der Waals surface area contributed by atoms with E-state index in [1.807, 2.05) is 61.5 Å². The molecule has 3 aromatic rings. The van der Waals surface area contributed by atoms with Gasteiger partial charge in [0.25, 0.3) is 5.91 Å². The maximum atomic E-state index is 13.6. The number of hydrogen-bond donors (Lipinski definition) is 2. The largest absolute Gasteiger partial charge is 0.349 e. The molecule has 32 heavy (non-hydrogen) atoms. The van der Waals surface area contributed by atoms with Gasteiger partial charge in [0, 0.05) is 17.0 Å². The predicted octanol–water partition coefficient (Wildman–Crippen LogP) is 4.97. The number of aromatic nitrogens is 1. The van der Waals surface area contributed by atoms with Crippen LogP contribution in [0, 0.1) is 5.92 Å². The molecular formula is C25H29N3O3S. The lowest BCUT2D eigenvalue weighted by Gasteiger charge is -2.29. The van der Waals surface area contributed by atoms with E-state index >= 15 is 0 Å². The van der Waals surface area contributed by atoms with Gasteiger partial charge in [0.1, 0.15) is 0 Å². The molecule has 2 aromatic carbocycles. The molecule has 6 nitrogen and oxygen atoms in total. The second-order valence-electron chi connectivity index (χ2n) is 8.63. The first-order valence-electron chi connectivity index (χ1n) is 11.1. The second-order valence-corrected chi connectivity index (χ2v) is 10.4. The summed E-state index contributed by atoms with van der Waals surface area (Å²) in [6, 6.07) is 16.7. The summed E-state index contributed by atoms with van der Waals surface area (Å²) in [4.78, 5) is 18.4. The maximum absolute atomic E-state index is 13.6. The number of carbonyl (C=O) groups excluding carboxylic acids is 1. The van der Waals surface area contributed by atoms with E-state index < -0.39 is 10.0 Å². The van der Waals surface area contributed by atoms with E-state index in [1.54, 1.807) is 0 Å². The first-order chi connectivity index (χ1) is 15.3. The van der Waals surface area contributed by atoms with Crippen LogP contribution in [-0.2, 0) is 10.0 Å². The number of pyridine rings is 1. The van der Waals surface area contributed by atoms with Crippen molar-refractivity contribution in [1.82, 2.24) is 10.3 Å². The highest BCUT2D eigenvalue weighted by atomic mass is 32.2. The number of fused-ring (bicyclic) bond motifs is 1. The van der Waals surface area contributed by atoms with E-state index in [2.05, 4.69) is 10.0 Å². The van der Waals surface area contributed by atoms with Crippen LogP contribution in [0.25, 0.3) is 22.2 Å². The van der Waals surface area contributed by atoms with Crippen LogP contribution in [0.3, 0.4) is 0 Å². The van der Waals surface area contributed by atoms with Gasteiger partial charge in [0.05, 0.1) is 28.7 Å². The summed E-state index contributed by atoms with van der Waals surface area (Å²) >= 11 is 0. The molecule has 1 aliphatic carbocycles. The lowest BCUT2D eigenvalue weighted by atomic mass is 9.84. The van der Waals surface area contributed by atoms with Crippen LogP contribution < -0.4 is 10.0 Å². The Labute approximate surface area is 189 Å². The summed E-state index contributed by atoms with van der Waals surface area (Å²) in [5.74, 6) is 0.144. The highest BCUT2D eigenvalue weighted by Crippen LogP contribution is 2.35. The van der Waals surface area contributed by atoms with Crippen molar-refractivity contribution in [1.29, 1.82) is 0 Å². The third-order valence-corrected chi connectivity index (χ3v) is 6.74. The summed E-state index contributed by atoms with van der Waals surface area (Å²) in [5.41, 5.74) is 2.33. The minimum Gasteiger partial charge on any atom is -0.349 e. The Hall–Kier alpha value is -2.93. The van der Waals surface area contributed by atoms with Crippen LogP contribution >= 0.6 is 0 Å². The third kappa shape index (κ3) is 4.93. The molecule has 1 aliphatic rings. The van der Waals surface area contributed by atoms with Crippen LogP contribution in [0.5, 0.6) is 0 Å². The van der Waals surface area contributed by atoms with Crippen molar-refractivity contribution in [3.05, 3.63) is 60.2 Å². The molecule has 1 atom stereocenters. The summed E-state index contributed by atoms with van der Waals surface area (Å²) < 4.78 is 27.2. The SMILES string of the molecule is C[C@H](NC(=O)c1c(NS(C)(=O)=O)c(-c2ccccc2)nc2ccccc12)C1CCCCC1. The number of anilines is 1. The molecule has 4 rings (SSSR count). The van der Waals surface area contributed by atoms with Crippen LogP contribution in [-0.4, -0.2) is 31.6 Å². The monoisotopic (exact) mass is 451 g/mol. The second kappa shape index (κ2) is 9.28. The van der Waals surface area contributed by atoms with E-state index in [0.717, 1.165) is 24.7 Å². The molecule has 0 bridgehead atoms. The van der Waals surface area contributed by atoms with Crippen molar-refractivity contribution in [3.63, 3.8) is 0 Å². The van der Waals surface area contributed by atoms with Crippen molar-refractivity contribution in [2.45, 2.75) is 45.1 Å². The van der Waals surface area contributed by atoms with Crippen LogP contribution in [0.15, 0.2) is 54.6 Å². The lowest BCUT2D eigenvalue weighted by molar-refractivity contribution is 0.0922. The topological polar surface area (TPSA) is 88.2 Å². The van der Waals surface area contributed by atoms with Crippen molar-refractivity contribution in [2.75, 3.05) is 11.0 Å². The quantitative estimate of drug-likeness (QED) is 0.554. The molecule has 168 valence electrons. The average molecular weight is 452 g/mol. The number of benzene rings is 2. The van der Waals surface area contributed by atoms with E-state index in [9.17, 15) is 13.2 Å². The zero-order valence-corrected chi connectivity index (χ0v) is 19.3. The fourth-order valence-corrected chi connectivity index (χ4v) is 5.14. The van der Waals surface area contributed by atoms with E-state index in [0.29, 0.717) is 28.1 Å². The molecule has 0 saturated heterocycles. The van der Waals surface area contributed by atoms with Crippen molar-refractivity contribution >= 4 is 32.5 Å². The van der Waals surface area contributed by atoms with Gasteiger partial charge >= 0.3 is 0 Å². The fraction of sp³-hybridized carbons (Fsp3) is 0.360. The summed E-state index contributed by atoms with van der Waals surface area (Å²) in [6.07, 6.45) is 6.90. The van der Waals surface area contributed by atoms with Crippen LogP contribution in [0.4, 0.5) is 5.69 Å². The normalized spacial score (nSPS) is 15.9. The Morgan fingerprint density at radius 3 is 2.34 bits per heavy atom. The molecule has 1 heterocycles. The van der Waals surface area contributed by atoms with E-state index in [1.165, 1.54) is 19.3 Å². The number of sulfonamides is 1. The van der Waals surface area contributed by atoms with Gasteiger partial charge in [-0.3, -0.25) is 9.52 Å². The van der Waals surface area contributed by atoms with Gasteiger partial charge < -0.3 is 5.32 Å². The maximum Gasteiger partial charge on any atom is 0.254 e. The van der Waals surface area contributed by atoms with Crippen molar-refractivity contribution in [2.24, 2.45) is 5.92 Å². The third-order valence-electron chi connectivity index (χ3n) is 6.17. The molecule has 1 fully saturated rings. The van der Waals surface area contributed by atoms with Gasteiger partial charge in [0.2, 0.25) is 10.0 Å². The Morgan fingerprint density at radius 1 is 1.00 bits per heavy atom. The molecule has 1 saturated carbocycles. The average Bonchev–Trinajstić information content (AvgIpc) is 2.78. The minimum atomic E-state index is -3.65. The predicted molar refractivity (Wildman–Crippen MR) is 129 cm³/mol. The van der Waals surface area contributed by atoms with Gasteiger partial charge in [0.15, 0.2) is 0 Å². The fourth-order valence-electron chi connectivity index (χ4n) is 4.57. The number of nitrogens with zero attached hydrogens (tertiary/aromatic N) is 1. The van der Waals surface area contributed by atoms with Gasteiger partial charge in [-0.15, -0.1) is 0 Å².